The van der Waals surface area contributed by atoms with Crippen LogP contribution in [0.4, 0.5) is 5.69 Å². The number of carbonyl (C=O) groups is 2. The van der Waals surface area contributed by atoms with E-state index in [9.17, 15) is 26.4 Å². The number of carbonyl (C=O) groups excluding carboxylic acids is 2. The Balaban J connectivity index is 1.45. The molecule has 41 heavy (non-hydrogen) atoms. The van der Waals surface area contributed by atoms with Crippen molar-refractivity contribution in [1.82, 2.24) is 15.0 Å². The minimum absolute atomic E-state index is 0.0324. The van der Waals surface area contributed by atoms with Gasteiger partial charge in [0.1, 0.15) is 6.04 Å². The van der Waals surface area contributed by atoms with Gasteiger partial charge in [0.2, 0.25) is 10.0 Å². The smallest absolute Gasteiger partial charge is 0.257 e. The van der Waals surface area contributed by atoms with Crippen LogP contribution in [0.25, 0.3) is 0 Å². The molecule has 0 saturated carbocycles. The van der Waals surface area contributed by atoms with E-state index in [2.05, 4.69) is 15.5 Å². The Morgan fingerprint density at radius 1 is 0.683 bits per heavy atom. The summed E-state index contributed by atoms with van der Waals surface area (Å²) >= 11 is 0. The second-order valence-electron chi connectivity index (χ2n) is 9.12. The Labute approximate surface area is 238 Å². The molecular formula is C29H28N4O6S2. The van der Waals surface area contributed by atoms with Gasteiger partial charge in [-0.2, -0.15) is 4.72 Å². The van der Waals surface area contributed by atoms with Crippen molar-refractivity contribution >= 4 is 37.5 Å². The molecule has 1 unspecified atom stereocenters. The number of benzene rings is 4. The highest BCUT2D eigenvalue weighted by atomic mass is 32.2. The molecule has 0 aliphatic heterocycles. The summed E-state index contributed by atoms with van der Waals surface area (Å²) in [6.07, 6.45) is -0.0324. The summed E-state index contributed by atoms with van der Waals surface area (Å²) in [7, 11) is -8.34. The minimum atomic E-state index is -4.23. The van der Waals surface area contributed by atoms with E-state index in [0.717, 1.165) is 5.56 Å². The van der Waals surface area contributed by atoms with Gasteiger partial charge in [0, 0.05) is 11.3 Å². The highest BCUT2D eigenvalue weighted by Gasteiger charge is 2.27. The maximum atomic E-state index is 13.1. The lowest BCUT2D eigenvalue weighted by Gasteiger charge is -2.19. The number of rotatable bonds is 11. The Bertz CT molecular complexity index is 1710. The van der Waals surface area contributed by atoms with Gasteiger partial charge in [-0.05, 0) is 67.4 Å². The Morgan fingerprint density at radius 3 is 1.83 bits per heavy atom. The maximum Gasteiger partial charge on any atom is 0.257 e. The number of nitrogens with one attached hydrogen (secondary N) is 4. The van der Waals surface area contributed by atoms with Crippen molar-refractivity contribution in [2.45, 2.75) is 29.2 Å². The second-order valence-corrected chi connectivity index (χ2v) is 12.5. The monoisotopic (exact) mass is 592 g/mol. The van der Waals surface area contributed by atoms with Gasteiger partial charge in [-0.15, -0.1) is 4.83 Å². The van der Waals surface area contributed by atoms with Crippen molar-refractivity contribution in [1.29, 1.82) is 0 Å². The Morgan fingerprint density at radius 2 is 1.22 bits per heavy atom. The third-order valence-corrected chi connectivity index (χ3v) is 8.75. The van der Waals surface area contributed by atoms with Crippen LogP contribution < -0.4 is 20.3 Å². The summed E-state index contributed by atoms with van der Waals surface area (Å²) in [4.78, 5) is 27.2. The molecule has 0 saturated heterocycles. The molecular weight excluding hydrogens is 564 g/mol. The van der Waals surface area contributed by atoms with Crippen molar-refractivity contribution in [2.24, 2.45) is 0 Å². The summed E-state index contributed by atoms with van der Waals surface area (Å²) in [6.45, 7) is 1.82. The molecule has 4 N–H and O–H groups in total. The molecule has 0 radical (unpaired) electrons. The molecule has 0 bridgehead atoms. The molecule has 0 aliphatic carbocycles. The number of sulfonamides is 2. The van der Waals surface area contributed by atoms with E-state index in [1.807, 2.05) is 11.8 Å². The first kappa shape index (κ1) is 29.6. The highest BCUT2D eigenvalue weighted by Crippen LogP contribution is 2.16. The molecule has 0 aromatic heterocycles. The fraction of sp³-hybridized carbons (Fsp3) is 0.103. The summed E-state index contributed by atoms with van der Waals surface area (Å²) in [6, 6.07) is 27.4. The number of amides is 2. The van der Waals surface area contributed by atoms with Crippen LogP contribution in [0.5, 0.6) is 0 Å². The first-order valence-corrected chi connectivity index (χ1v) is 15.4. The number of hydrogen-bond donors (Lipinski definition) is 4. The van der Waals surface area contributed by atoms with Gasteiger partial charge >= 0.3 is 0 Å². The molecule has 1 atom stereocenters. The van der Waals surface area contributed by atoms with E-state index >= 15 is 0 Å². The van der Waals surface area contributed by atoms with E-state index in [4.69, 9.17) is 0 Å². The van der Waals surface area contributed by atoms with Gasteiger partial charge < -0.3 is 5.32 Å². The predicted octanol–water partition coefficient (Wildman–Crippen LogP) is 3.15. The lowest BCUT2D eigenvalue weighted by molar-refractivity contribution is -0.123. The van der Waals surface area contributed by atoms with Crippen molar-refractivity contribution in [3.8, 4) is 0 Å². The zero-order valence-electron chi connectivity index (χ0n) is 21.9. The molecule has 4 aromatic rings. The zero-order chi connectivity index (χ0) is 29.5. The van der Waals surface area contributed by atoms with Crippen LogP contribution in [0.15, 0.2) is 119 Å². The number of hydrazine groups is 1. The van der Waals surface area contributed by atoms with Gasteiger partial charge in [-0.3, -0.25) is 15.0 Å². The third-order valence-electron chi connectivity index (χ3n) is 5.99. The Kier molecular flexibility index (Phi) is 9.30. The standard InChI is InChI=1S/C29H28N4O6S2/c1-21-12-16-25(17-13-21)40(36,37)32-27(20-22-8-4-2-5-9-22)29(35)31-33-41(38,39)26-18-14-24(15-19-26)30-28(34)23-10-6-3-7-11-23/h2-19,27,32-33H,20H2,1H3,(H,30,34)(H,31,35). The normalized spacial score (nSPS) is 12.3. The third kappa shape index (κ3) is 8.08. The molecule has 0 fully saturated rings. The predicted molar refractivity (Wildman–Crippen MR) is 155 cm³/mol. The van der Waals surface area contributed by atoms with E-state index < -0.39 is 32.0 Å². The summed E-state index contributed by atoms with van der Waals surface area (Å²) in [5.74, 6) is -1.26. The van der Waals surface area contributed by atoms with Gasteiger partial charge in [-0.1, -0.05) is 66.2 Å². The molecule has 212 valence electrons. The quantitative estimate of drug-likeness (QED) is 0.197. The van der Waals surface area contributed by atoms with Gasteiger partial charge in [0.25, 0.3) is 21.8 Å². The topological polar surface area (TPSA) is 151 Å². The van der Waals surface area contributed by atoms with Crippen LogP contribution >= 0.6 is 0 Å². The van der Waals surface area contributed by atoms with E-state index in [1.165, 1.54) is 36.4 Å². The van der Waals surface area contributed by atoms with Gasteiger partial charge in [0.15, 0.2) is 0 Å². The second kappa shape index (κ2) is 12.9. The lowest BCUT2D eigenvalue weighted by Crippen LogP contribution is -2.53. The average Bonchev–Trinajstić information content (AvgIpc) is 2.97. The van der Waals surface area contributed by atoms with E-state index in [1.54, 1.807) is 72.8 Å². The van der Waals surface area contributed by atoms with Crippen LogP contribution in [0.1, 0.15) is 21.5 Å². The van der Waals surface area contributed by atoms with Gasteiger partial charge in [0.05, 0.1) is 9.79 Å². The number of hydrogen-bond acceptors (Lipinski definition) is 6. The van der Waals surface area contributed by atoms with E-state index in [0.29, 0.717) is 16.8 Å². The van der Waals surface area contributed by atoms with Crippen LogP contribution in [0, 0.1) is 6.92 Å². The van der Waals surface area contributed by atoms with Crippen molar-refractivity contribution in [3.05, 3.63) is 126 Å². The largest absolute Gasteiger partial charge is 0.322 e. The number of anilines is 1. The molecule has 12 heteroatoms. The molecule has 0 aliphatic rings. The fourth-order valence-electron chi connectivity index (χ4n) is 3.78. The molecule has 10 nitrogen and oxygen atoms in total. The summed E-state index contributed by atoms with van der Waals surface area (Å²) < 4.78 is 54.1. The summed E-state index contributed by atoms with van der Waals surface area (Å²) in [5, 5.41) is 2.67. The molecule has 4 aromatic carbocycles. The van der Waals surface area contributed by atoms with Crippen LogP contribution in [-0.2, 0) is 31.3 Å². The van der Waals surface area contributed by atoms with Gasteiger partial charge in [-0.25, -0.2) is 16.8 Å². The highest BCUT2D eigenvalue weighted by molar-refractivity contribution is 7.89. The van der Waals surface area contributed by atoms with Crippen molar-refractivity contribution in [3.63, 3.8) is 0 Å². The van der Waals surface area contributed by atoms with Crippen LogP contribution in [-0.4, -0.2) is 34.7 Å². The first-order valence-electron chi connectivity index (χ1n) is 12.4. The van der Waals surface area contributed by atoms with Crippen molar-refractivity contribution < 1.29 is 26.4 Å². The average molecular weight is 593 g/mol. The van der Waals surface area contributed by atoms with Crippen molar-refractivity contribution in [2.75, 3.05) is 5.32 Å². The molecule has 0 heterocycles. The van der Waals surface area contributed by atoms with Crippen LogP contribution in [0.2, 0.25) is 0 Å². The number of aryl methyl sites for hydroxylation is 1. The Hall–Kier alpha value is -4.36. The molecule has 0 spiro atoms. The maximum absolute atomic E-state index is 13.1. The first-order chi connectivity index (χ1) is 19.5. The molecule has 4 rings (SSSR count). The molecule has 2 amide bonds. The zero-order valence-corrected chi connectivity index (χ0v) is 23.6. The SMILES string of the molecule is Cc1ccc(S(=O)(=O)NC(Cc2ccccc2)C(=O)NNS(=O)(=O)c2ccc(NC(=O)c3ccccc3)cc2)cc1. The van der Waals surface area contributed by atoms with E-state index in [-0.39, 0.29) is 22.1 Å². The van der Waals surface area contributed by atoms with Crippen LogP contribution in [0.3, 0.4) is 0 Å². The minimum Gasteiger partial charge on any atom is -0.322 e. The lowest BCUT2D eigenvalue weighted by atomic mass is 10.1. The summed E-state index contributed by atoms with van der Waals surface area (Å²) in [5.41, 5.74) is 4.46. The fourth-order valence-corrected chi connectivity index (χ4v) is 5.83.